The number of hydrogen-bond donors (Lipinski definition) is 1. The third kappa shape index (κ3) is 4.48. The molecule has 1 rings (SSSR count). The molecule has 0 aliphatic heterocycles. The van der Waals surface area contributed by atoms with Gasteiger partial charge in [-0.2, -0.15) is 0 Å². The first-order valence-corrected chi connectivity index (χ1v) is 6.45. The minimum atomic E-state index is 0.447. The number of ether oxygens (including phenoxy) is 1. The molecule has 1 atom stereocenters. The van der Waals surface area contributed by atoms with Crippen molar-refractivity contribution in [2.45, 2.75) is 40.2 Å². The molecule has 0 saturated heterocycles. The van der Waals surface area contributed by atoms with Gasteiger partial charge in [-0.1, -0.05) is 0 Å². The molecule has 0 spiro atoms. The fraction of sp³-hybridized carbons (Fsp3) is 0.769. The van der Waals surface area contributed by atoms with Gasteiger partial charge in [0, 0.05) is 31.5 Å². The molecule has 17 heavy (non-hydrogen) atoms. The van der Waals surface area contributed by atoms with Gasteiger partial charge < -0.3 is 14.6 Å². The topological polar surface area (TPSA) is 39.1 Å². The molecule has 98 valence electrons. The Balaban J connectivity index is 2.21. The first-order valence-electron chi connectivity index (χ1n) is 6.45. The summed E-state index contributed by atoms with van der Waals surface area (Å²) < 4.78 is 7.52. The van der Waals surface area contributed by atoms with Gasteiger partial charge in [0.2, 0.25) is 0 Å². The first kappa shape index (κ1) is 14.2. The largest absolute Gasteiger partial charge is 0.382 e. The summed E-state index contributed by atoms with van der Waals surface area (Å²) >= 11 is 0. The molecule has 1 unspecified atom stereocenters. The SMILES string of the molecule is CCOCCCNCC(C)n1cnc(C)c1C. The monoisotopic (exact) mass is 239 g/mol. The summed E-state index contributed by atoms with van der Waals surface area (Å²) in [6.45, 7) is 12.1. The second-order valence-corrected chi connectivity index (χ2v) is 4.43. The molecular weight excluding hydrogens is 214 g/mol. The van der Waals surface area contributed by atoms with Crippen molar-refractivity contribution in [2.24, 2.45) is 0 Å². The molecular formula is C13H25N3O. The molecule has 4 nitrogen and oxygen atoms in total. The molecule has 0 aliphatic rings. The van der Waals surface area contributed by atoms with E-state index in [1.807, 2.05) is 20.2 Å². The lowest BCUT2D eigenvalue weighted by Crippen LogP contribution is -2.25. The summed E-state index contributed by atoms with van der Waals surface area (Å²) in [6.07, 6.45) is 3.00. The van der Waals surface area contributed by atoms with Crippen LogP contribution in [0.1, 0.15) is 37.7 Å². The van der Waals surface area contributed by atoms with Crippen LogP contribution in [0.5, 0.6) is 0 Å². The summed E-state index contributed by atoms with van der Waals surface area (Å²) in [6, 6.07) is 0.447. The van der Waals surface area contributed by atoms with Crippen LogP contribution >= 0.6 is 0 Å². The lowest BCUT2D eigenvalue weighted by Gasteiger charge is -2.16. The van der Waals surface area contributed by atoms with Gasteiger partial charge >= 0.3 is 0 Å². The Morgan fingerprint density at radius 3 is 2.82 bits per heavy atom. The van der Waals surface area contributed by atoms with Crippen molar-refractivity contribution in [1.82, 2.24) is 14.9 Å². The predicted molar refractivity (Wildman–Crippen MR) is 70.4 cm³/mol. The predicted octanol–water partition coefficient (Wildman–Crippen LogP) is 2.08. The lowest BCUT2D eigenvalue weighted by molar-refractivity contribution is 0.144. The summed E-state index contributed by atoms with van der Waals surface area (Å²) in [5.41, 5.74) is 2.38. The highest BCUT2D eigenvalue weighted by atomic mass is 16.5. The van der Waals surface area contributed by atoms with Crippen LogP contribution in [0.25, 0.3) is 0 Å². The standard InChI is InChI=1S/C13H25N3O/c1-5-17-8-6-7-14-9-11(2)16-10-15-12(3)13(16)4/h10-11,14H,5-9H2,1-4H3. The van der Waals surface area contributed by atoms with E-state index in [1.54, 1.807) is 0 Å². The van der Waals surface area contributed by atoms with Crippen LogP contribution in [0.3, 0.4) is 0 Å². The van der Waals surface area contributed by atoms with Gasteiger partial charge in [0.05, 0.1) is 12.0 Å². The summed E-state index contributed by atoms with van der Waals surface area (Å²) in [4.78, 5) is 4.32. The highest BCUT2D eigenvalue weighted by Crippen LogP contribution is 2.11. The van der Waals surface area contributed by atoms with E-state index in [0.29, 0.717) is 6.04 Å². The average Bonchev–Trinajstić information content (AvgIpc) is 2.64. The molecule has 1 N–H and O–H groups in total. The van der Waals surface area contributed by atoms with E-state index in [0.717, 1.165) is 38.4 Å². The fourth-order valence-electron chi connectivity index (χ4n) is 1.81. The number of aryl methyl sites for hydroxylation is 1. The van der Waals surface area contributed by atoms with Crippen molar-refractivity contribution in [3.63, 3.8) is 0 Å². The Kier molecular flexibility index (Phi) is 6.22. The van der Waals surface area contributed by atoms with Crippen molar-refractivity contribution in [1.29, 1.82) is 0 Å². The molecule has 0 saturated carbocycles. The Morgan fingerprint density at radius 2 is 2.24 bits per heavy atom. The van der Waals surface area contributed by atoms with Crippen molar-refractivity contribution < 1.29 is 4.74 Å². The Labute approximate surface area is 104 Å². The summed E-state index contributed by atoms with van der Waals surface area (Å²) in [5, 5.41) is 3.45. The summed E-state index contributed by atoms with van der Waals surface area (Å²) in [5.74, 6) is 0. The zero-order valence-electron chi connectivity index (χ0n) is 11.5. The third-order valence-corrected chi connectivity index (χ3v) is 3.05. The van der Waals surface area contributed by atoms with Crippen molar-refractivity contribution in [2.75, 3.05) is 26.3 Å². The second-order valence-electron chi connectivity index (χ2n) is 4.43. The van der Waals surface area contributed by atoms with Crippen LogP contribution in [0, 0.1) is 13.8 Å². The molecule has 0 amide bonds. The molecule has 0 fully saturated rings. The van der Waals surface area contributed by atoms with Gasteiger partial charge in [-0.15, -0.1) is 0 Å². The van der Waals surface area contributed by atoms with Gasteiger partial charge in [0.25, 0.3) is 0 Å². The highest BCUT2D eigenvalue weighted by Gasteiger charge is 2.08. The number of aromatic nitrogens is 2. The zero-order chi connectivity index (χ0) is 12.7. The maximum Gasteiger partial charge on any atom is 0.0954 e. The Morgan fingerprint density at radius 1 is 1.47 bits per heavy atom. The number of nitrogens with zero attached hydrogens (tertiary/aromatic N) is 2. The van der Waals surface area contributed by atoms with Gasteiger partial charge in [0.1, 0.15) is 0 Å². The third-order valence-electron chi connectivity index (χ3n) is 3.05. The first-order chi connectivity index (χ1) is 8.16. The smallest absolute Gasteiger partial charge is 0.0954 e. The maximum atomic E-state index is 5.29. The normalized spacial score (nSPS) is 12.9. The number of rotatable bonds is 8. The van der Waals surface area contributed by atoms with E-state index in [2.05, 4.69) is 28.7 Å². The van der Waals surface area contributed by atoms with Crippen LogP contribution in [0.15, 0.2) is 6.33 Å². The van der Waals surface area contributed by atoms with Crippen LogP contribution in [-0.4, -0.2) is 35.9 Å². The van der Waals surface area contributed by atoms with Crippen LogP contribution in [0.2, 0.25) is 0 Å². The van der Waals surface area contributed by atoms with Gasteiger partial charge in [-0.3, -0.25) is 0 Å². The molecule has 0 aliphatic carbocycles. The number of imidazole rings is 1. The van der Waals surface area contributed by atoms with E-state index in [-0.39, 0.29) is 0 Å². The zero-order valence-corrected chi connectivity index (χ0v) is 11.5. The molecule has 0 aromatic carbocycles. The van der Waals surface area contributed by atoms with Gasteiger partial charge in [0.15, 0.2) is 0 Å². The van der Waals surface area contributed by atoms with Gasteiger partial charge in [-0.05, 0) is 40.7 Å². The summed E-state index contributed by atoms with van der Waals surface area (Å²) in [7, 11) is 0. The molecule has 0 bridgehead atoms. The van der Waals surface area contributed by atoms with Crippen LogP contribution in [-0.2, 0) is 4.74 Å². The van der Waals surface area contributed by atoms with E-state index in [9.17, 15) is 0 Å². The molecule has 1 aromatic heterocycles. The number of nitrogens with one attached hydrogen (secondary N) is 1. The lowest BCUT2D eigenvalue weighted by atomic mass is 10.3. The maximum absolute atomic E-state index is 5.29. The quantitative estimate of drug-likeness (QED) is 0.706. The minimum absolute atomic E-state index is 0.447. The van der Waals surface area contributed by atoms with Crippen molar-refractivity contribution in [3.05, 3.63) is 17.7 Å². The van der Waals surface area contributed by atoms with Crippen molar-refractivity contribution >= 4 is 0 Å². The Bertz CT molecular complexity index is 322. The average molecular weight is 239 g/mol. The molecule has 1 aromatic rings. The van der Waals surface area contributed by atoms with Crippen molar-refractivity contribution in [3.8, 4) is 0 Å². The Hall–Kier alpha value is -0.870. The van der Waals surface area contributed by atoms with E-state index >= 15 is 0 Å². The van der Waals surface area contributed by atoms with E-state index in [4.69, 9.17) is 4.74 Å². The molecule has 0 radical (unpaired) electrons. The van der Waals surface area contributed by atoms with Crippen LogP contribution < -0.4 is 5.32 Å². The van der Waals surface area contributed by atoms with Gasteiger partial charge in [-0.25, -0.2) is 4.98 Å². The molecule has 4 heteroatoms. The molecule has 1 heterocycles. The minimum Gasteiger partial charge on any atom is -0.382 e. The van der Waals surface area contributed by atoms with E-state index in [1.165, 1.54) is 5.69 Å². The fourth-order valence-corrected chi connectivity index (χ4v) is 1.81. The highest BCUT2D eigenvalue weighted by molar-refractivity contribution is 5.09. The number of hydrogen-bond acceptors (Lipinski definition) is 3. The second kappa shape index (κ2) is 7.45. The van der Waals surface area contributed by atoms with Crippen LogP contribution in [0.4, 0.5) is 0 Å². The van der Waals surface area contributed by atoms with E-state index < -0.39 is 0 Å².